The Balaban J connectivity index is 1.80. The van der Waals surface area contributed by atoms with Crippen LogP contribution in [0.3, 0.4) is 0 Å². The zero-order valence-corrected chi connectivity index (χ0v) is 23.9. The quantitative estimate of drug-likeness (QED) is 0.263. The molecule has 1 aliphatic rings. The van der Waals surface area contributed by atoms with E-state index in [1.54, 1.807) is 13.0 Å². The molecule has 0 aromatic heterocycles. The molecule has 1 aliphatic carbocycles. The Kier molecular flexibility index (Phi) is 11.4. The van der Waals surface area contributed by atoms with Crippen LogP contribution in [-0.2, 0) is 14.3 Å². The number of esters is 1. The number of nitrogens with zero attached hydrogens (tertiary/aromatic N) is 1. The maximum Gasteiger partial charge on any atom is 0.307 e. The number of ether oxygens (including phenoxy) is 2. The van der Waals surface area contributed by atoms with Gasteiger partial charge >= 0.3 is 5.97 Å². The molecule has 0 saturated carbocycles. The monoisotopic (exact) mass is 598 g/mol. The molecule has 0 bridgehead atoms. The Hall–Kier alpha value is -3.08. The van der Waals surface area contributed by atoms with Gasteiger partial charge in [0.15, 0.2) is 0 Å². The Morgan fingerprint density at radius 1 is 1.21 bits per heavy atom. The second-order valence-electron chi connectivity index (χ2n) is 9.02. The zero-order valence-electron chi connectivity index (χ0n) is 21.6. The van der Waals surface area contributed by atoms with E-state index in [2.05, 4.69) is 40.3 Å². The van der Waals surface area contributed by atoms with E-state index in [1.165, 1.54) is 0 Å². The van der Waals surface area contributed by atoms with Gasteiger partial charge in [0, 0.05) is 27.5 Å². The maximum atomic E-state index is 12.6. The number of allylic oxidation sites excluding steroid dienone is 2. The first-order valence-electron chi connectivity index (χ1n) is 12.8. The summed E-state index contributed by atoms with van der Waals surface area (Å²) in [5.41, 5.74) is 2.00. The van der Waals surface area contributed by atoms with E-state index < -0.39 is 0 Å². The van der Waals surface area contributed by atoms with Crippen LogP contribution in [0.5, 0.6) is 5.75 Å². The van der Waals surface area contributed by atoms with Gasteiger partial charge in [-0.1, -0.05) is 71.2 Å². The Morgan fingerprint density at radius 3 is 2.61 bits per heavy atom. The van der Waals surface area contributed by atoms with Crippen LogP contribution in [-0.4, -0.2) is 25.0 Å². The summed E-state index contributed by atoms with van der Waals surface area (Å²) in [5, 5.41) is 13.1. The molecule has 1 amide bonds. The number of hydrogen-bond donors (Lipinski definition) is 1. The number of nitriles is 1. The third kappa shape index (κ3) is 8.21. The largest absolute Gasteiger partial charge is 0.484 e. The first kappa shape index (κ1) is 29.5. The van der Waals surface area contributed by atoms with Gasteiger partial charge in [-0.3, -0.25) is 9.59 Å². The van der Waals surface area contributed by atoms with Crippen molar-refractivity contribution in [2.45, 2.75) is 45.6 Å². The average molecular weight is 600 g/mol. The highest BCUT2D eigenvalue weighted by atomic mass is 79.9. The molecule has 3 atom stereocenters. The van der Waals surface area contributed by atoms with Gasteiger partial charge in [0.1, 0.15) is 17.9 Å². The van der Waals surface area contributed by atoms with Crippen LogP contribution in [0.2, 0.25) is 5.02 Å². The zero-order chi connectivity index (χ0) is 27.5. The first-order valence-corrected chi connectivity index (χ1v) is 14.0. The summed E-state index contributed by atoms with van der Waals surface area (Å²) >= 11 is 9.60. The third-order valence-corrected chi connectivity index (χ3v) is 7.14. The highest BCUT2D eigenvalue weighted by Crippen LogP contribution is 2.40. The summed E-state index contributed by atoms with van der Waals surface area (Å²) < 4.78 is 12.3. The van der Waals surface area contributed by atoms with Crippen molar-refractivity contribution in [2.75, 3.05) is 13.2 Å². The molecule has 2 aromatic rings. The smallest absolute Gasteiger partial charge is 0.307 e. The van der Waals surface area contributed by atoms with Crippen LogP contribution in [0.4, 0.5) is 0 Å². The average Bonchev–Trinajstić information content (AvgIpc) is 2.92. The Labute approximate surface area is 237 Å². The number of benzene rings is 2. The van der Waals surface area contributed by atoms with Crippen LogP contribution in [0.1, 0.15) is 56.8 Å². The summed E-state index contributed by atoms with van der Waals surface area (Å²) in [6.45, 7) is 4.43. The van der Waals surface area contributed by atoms with E-state index in [0.29, 0.717) is 34.9 Å². The molecule has 0 radical (unpaired) electrons. The second-order valence-corrected chi connectivity index (χ2v) is 10.4. The number of nitrogens with one attached hydrogen (secondary N) is 1. The van der Waals surface area contributed by atoms with Gasteiger partial charge in [0.2, 0.25) is 0 Å². The van der Waals surface area contributed by atoms with Crippen molar-refractivity contribution in [3.63, 3.8) is 0 Å². The molecule has 1 unspecified atom stereocenters. The summed E-state index contributed by atoms with van der Waals surface area (Å²) in [6, 6.07) is 15.3. The molecule has 8 heteroatoms. The standard InChI is InChI=1S/C30H32BrClN2O4/c1-3-5-26(20-6-8-22(9-7-20)30(36)34-17-16-28(35)37-4-2)29(21-10-13-25(32)14-11-21)38-27-15-12-24(31)18-23(27)19-33/h6,8-15,18,20,26,29H,3-5,7,16-17H2,1-2H3,(H,34,36)/t20?,26-,29+/m1/s1. The van der Waals surface area contributed by atoms with Crippen LogP contribution in [0.15, 0.2) is 70.7 Å². The van der Waals surface area contributed by atoms with Gasteiger partial charge in [-0.2, -0.15) is 5.26 Å². The van der Waals surface area contributed by atoms with E-state index in [4.69, 9.17) is 21.1 Å². The summed E-state index contributed by atoms with van der Waals surface area (Å²) in [5.74, 6) is 0.177. The minimum absolute atomic E-state index is 0.0808. The lowest BCUT2D eigenvalue weighted by Crippen LogP contribution is -2.29. The lowest BCUT2D eigenvalue weighted by molar-refractivity contribution is -0.142. The fourth-order valence-corrected chi connectivity index (χ4v) is 5.03. The van der Waals surface area contributed by atoms with E-state index in [1.807, 2.05) is 48.6 Å². The van der Waals surface area contributed by atoms with Gasteiger partial charge in [-0.05, 0) is 61.6 Å². The van der Waals surface area contributed by atoms with Gasteiger partial charge < -0.3 is 14.8 Å². The molecule has 3 rings (SSSR count). The molecule has 2 aromatic carbocycles. The number of halogens is 2. The minimum atomic E-state index is -0.331. The molecule has 200 valence electrons. The molecule has 0 saturated heterocycles. The number of rotatable bonds is 12. The lowest BCUT2D eigenvalue weighted by Gasteiger charge is -2.34. The predicted octanol–water partition coefficient (Wildman–Crippen LogP) is 7.08. The summed E-state index contributed by atoms with van der Waals surface area (Å²) in [4.78, 5) is 24.1. The van der Waals surface area contributed by atoms with Crippen molar-refractivity contribution in [3.8, 4) is 11.8 Å². The van der Waals surface area contributed by atoms with Crippen molar-refractivity contribution in [1.29, 1.82) is 5.26 Å². The molecule has 0 heterocycles. The van der Waals surface area contributed by atoms with E-state index in [-0.39, 0.29) is 42.8 Å². The first-order chi connectivity index (χ1) is 18.4. The predicted molar refractivity (Wildman–Crippen MR) is 152 cm³/mol. The van der Waals surface area contributed by atoms with Crippen molar-refractivity contribution in [3.05, 3.63) is 86.9 Å². The highest BCUT2D eigenvalue weighted by molar-refractivity contribution is 9.10. The molecule has 1 N–H and O–H groups in total. The molecular weight excluding hydrogens is 568 g/mol. The summed E-state index contributed by atoms with van der Waals surface area (Å²) in [6.07, 6.45) is 8.15. The van der Waals surface area contributed by atoms with Crippen LogP contribution in [0, 0.1) is 23.2 Å². The number of hydrogen-bond acceptors (Lipinski definition) is 5. The van der Waals surface area contributed by atoms with E-state index in [9.17, 15) is 14.9 Å². The minimum Gasteiger partial charge on any atom is -0.484 e. The fraction of sp³-hybridized carbons (Fsp3) is 0.367. The molecule has 6 nitrogen and oxygen atoms in total. The molecule has 0 aliphatic heterocycles. The maximum absolute atomic E-state index is 12.6. The number of carbonyl (C=O) groups is 2. The van der Waals surface area contributed by atoms with E-state index in [0.717, 1.165) is 22.9 Å². The van der Waals surface area contributed by atoms with Gasteiger partial charge in [0.25, 0.3) is 5.91 Å². The van der Waals surface area contributed by atoms with Gasteiger partial charge in [0.05, 0.1) is 18.6 Å². The molecule has 0 spiro atoms. The SMILES string of the molecule is CCC[C@H](C1C=CC(C(=O)NCCC(=O)OCC)=CC1)[C@@H](Oc1ccc(Br)cc1C#N)c1ccc(Cl)cc1. The van der Waals surface area contributed by atoms with Crippen molar-refractivity contribution in [2.24, 2.45) is 11.8 Å². The van der Waals surface area contributed by atoms with Crippen LogP contribution < -0.4 is 10.1 Å². The van der Waals surface area contributed by atoms with Gasteiger partial charge in [-0.25, -0.2) is 0 Å². The second kappa shape index (κ2) is 14.8. The number of amides is 1. The van der Waals surface area contributed by atoms with Gasteiger partial charge in [-0.15, -0.1) is 0 Å². The van der Waals surface area contributed by atoms with Crippen LogP contribution in [0.25, 0.3) is 0 Å². The fourth-order valence-electron chi connectivity index (χ4n) is 4.54. The lowest BCUT2D eigenvalue weighted by atomic mass is 9.77. The normalized spacial score (nSPS) is 16.1. The third-order valence-electron chi connectivity index (χ3n) is 6.39. The van der Waals surface area contributed by atoms with Crippen LogP contribution >= 0.6 is 27.5 Å². The topological polar surface area (TPSA) is 88.4 Å². The van der Waals surface area contributed by atoms with Crippen molar-refractivity contribution in [1.82, 2.24) is 5.32 Å². The molecule has 0 fully saturated rings. The Morgan fingerprint density at radius 2 is 1.97 bits per heavy atom. The number of carbonyl (C=O) groups excluding carboxylic acids is 2. The molecular formula is C30H32BrClN2O4. The van der Waals surface area contributed by atoms with Crippen molar-refractivity contribution >= 4 is 39.4 Å². The van der Waals surface area contributed by atoms with E-state index >= 15 is 0 Å². The Bertz CT molecular complexity index is 1220. The van der Waals surface area contributed by atoms with Crippen molar-refractivity contribution < 1.29 is 19.1 Å². The molecule has 38 heavy (non-hydrogen) atoms. The summed E-state index contributed by atoms with van der Waals surface area (Å²) in [7, 11) is 0. The highest BCUT2D eigenvalue weighted by Gasteiger charge is 2.32.